The van der Waals surface area contributed by atoms with Crippen molar-refractivity contribution in [2.75, 3.05) is 0 Å². The highest BCUT2D eigenvalue weighted by molar-refractivity contribution is 6.29. The van der Waals surface area contributed by atoms with E-state index in [4.69, 9.17) is 11.6 Å². The van der Waals surface area contributed by atoms with E-state index < -0.39 is 0 Å². The number of hydrogen-bond donors (Lipinski definition) is 0. The summed E-state index contributed by atoms with van der Waals surface area (Å²) in [6.07, 6.45) is 0. The summed E-state index contributed by atoms with van der Waals surface area (Å²) in [5.74, 6) is 0.640. The number of fused-ring (bicyclic) bond motifs is 1. The van der Waals surface area contributed by atoms with E-state index in [0.29, 0.717) is 11.0 Å². The first-order valence-electron chi connectivity index (χ1n) is 7.39. The predicted molar refractivity (Wildman–Crippen MR) is 95.4 cm³/mol. The van der Waals surface area contributed by atoms with Crippen molar-refractivity contribution < 1.29 is 0 Å². The SMILES string of the molecule is Clc1cc(-c2ccc3ccccc3c2)nc(-c2ccccc2)n1. The van der Waals surface area contributed by atoms with Gasteiger partial charge in [-0.15, -0.1) is 0 Å². The Balaban J connectivity index is 1.86. The molecule has 0 aliphatic heterocycles. The molecule has 0 atom stereocenters. The van der Waals surface area contributed by atoms with Crippen molar-refractivity contribution in [3.63, 3.8) is 0 Å². The van der Waals surface area contributed by atoms with Gasteiger partial charge in [0.1, 0.15) is 5.15 Å². The Kier molecular flexibility index (Phi) is 3.52. The molecule has 4 aromatic rings. The van der Waals surface area contributed by atoms with E-state index in [1.807, 2.05) is 42.5 Å². The Hall–Kier alpha value is -2.71. The fraction of sp³-hybridized carbons (Fsp3) is 0. The van der Waals surface area contributed by atoms with E-state index >= 15 is 0 Å². The molecule has 0 unspecified atom stereocenters. The van der Waals surface area contributed by atoms with Crippen LogP contribution in [-0.2, 0) is 0 Å². The molecular formula is C20H13ClN2. The van der Waals surface area contributed by atoms with Gasteiger partial charge < -0.3 is 0 Å². The van der Waals surface area contributed by atoms with Crippen molar-refractivity contribution in [2.45, 2.75) is 0 Å². The molecule has 0 bridgehead atoms. The lowest BCUT2D eigenvalue weighted by molar-refractivity contribution is 1.18. The number of aromatic nitrogens is 2. The first-order chi connectivity index (χ1) is 11.3. The van der Waals surface area contributed by atoms with E-state index in [2.05, 4.69) is 40.3 Å². The Morgan fingerprint density at radius 2 is 1.35 bits per heavy atom. The summed E-state index contributed by atoms with van der Waals surface area (Å²) < 4.78 is 0. The molecule has 0 amide bonds. The second-order valence-corrected chi connectivity index (χ2v) is 5.71. The first-order valence-corrected chi connectivity index (χ1v) is 7.76. The lowest BCUT2D eigenvalue weighted by Gasteiger charge is -2.07. The van der Waals surface area contributed by atoms with Gasteiger partial charge in [-0.05, 0) is 16.8 Å². The van der Waals surface area contributed by atoms with Gasteiger partial charge >= 0.3 is 0 Å². The molecule has 0 saturated carbocycles. The normalized spacial score (nSPS) is 10.8. The molecule has 0 spiro atoms. The maximum Gasteiger partial charge on any atom is 0.161 e. The van der Waals surface area contributed by atoms with Crippen LogP contribution in [0.3, 0.4) is 0 Å². The largest absolute Gasteiger partial charge is 0.228 e. The average Bonchev–Trinajstić information content (AvgIpc) is 2.61. The fourth-order valence-electron chi connectivity index (χ4n) is 2.63. The van der Waals surface area contributed by atoms with Crippen LogP contribution in [0, 0.1) is 0 Å². The van der Waals surface area contributed by atoms with Gasteiger partial charge in [-0.25, -0.2) is 9.97 Å². The lowest BCUT2D eigenvalue weighted by Crippen LogP contribution is -1.93. The van der Waals surface area contributed by atoms with E-state index in [1.165, 1.54) is 10.8 Å². The zero-order valence-electron chi connectivity index (χ0n) is 12.3. The van der Waals surface area contributed by atoms with E-state index in [0.717, 1.165) is 16.8 Å². The summed E-state index contributed by atoms with van der Waals surface area (Å²) in [7, 11) is 0. The number of benzene rings is 3. The summed E-state index contributed by atoms with van der Waals surface area (Å²) in [6, 6.07) is 26.2. The van der Waals surface area contributed by atoms with Crippen LogP contribution in [0.5, 0.6) is 0 Å². The van der Waals surface area contributed by atoms with Crippen LogP contribution in [0.1, 0.15) is 0 Å². The third-order valence-electron chi connectivity index (χ3n) is 3.77. The molecule has 0 aliphatic rings. The smallest absolute Gasteiger partial charge is 0.161 e. The zero-order valence-corrected chi connectivity index (χ0v) is 13.0. The topological polar surface area (TPSA) is 25.8 Å². The second-order valence-electron chi connectivity index (χ2n) is 5.33. The van der Waals surface area contributed by atoms with Crippen molar-refractivity contribution in [1.29, 1.82) is 0 Å². The van der Waals surface area contributed by atoms with Crippen molar-refractivity contribution >= 4 is 22.4 Å². The molecule has 0 fully saturated rings. The molecule has 1 heterocycles. The molecular weight excluding hydrogens is 304 g/mol. The second kappa shape index (κ2) is 5.82. The lowest BCUT2D eigenvalue weighted by atomic mass is 10.0. The molecule has 1 aromatic heterocycles. The van der Waals surface area contributed by atoms with Crippen LogP contribution in [-0.4, -0.2) is 9.97 Å². The van der Waals surface area contributed by atoms with Crippen molar-refractivity contribution in [3.8, 4) is 22.6 Å². The molecule has 3 aromatic carbocycles. The van der Waals surface area contributed by atoms with Crippen LogP contribution >= 0.6 is 11.6 Å². The third kappa shape index (κ3) is 2.81. The van der Waals surface area contributed by atoms with Gasteiger partial charge in [0.15, 0.2) is 5.82 Å². The molecule has 2 nitrogen and oxygen atoms in total. The maximum atomic E-state index is 6.22. The number of halogens is 1. The van der Waals surface area contributed by atoms with Gasteiger partial charge in [-0.3, -0.25) is 0 Å². The molecule has 0 N–H and O–H groups in total. The summed E-state index contributed by atoms with van der Waals surface area (Å²) in [6.45, 7) is 0. The summed E-state index contributed by atoms with van der Waals surface area (Å²) >= 11 is 6.22. The highest BCUT2D eigenvalue weighted by Gasteiger charge is 2.08. The number of nitrogens with zero attached hydrogens (tertiary/aromatic N) is 2. The highest BCUT2D eigenvalue weighted by Crippen LogP contribution is 2.27. The zero-order chi connectivity index (χ0) is 15.6. The molecule has 0 aliphatic carbocycles. The predicted octanol–water partition coefficient (Wildman–Crippen LogP) is 5.62. The van der Waals surface area contributed by atoms with Crippen LogP contribution < -0.4 is 0 Å². The molecule has 110 valence electrons. The molecule has 0 radical (unpaired) electrons. The minimum Gasteiger partial charge on any atom is -0.228 e. The average molecular weight is 317 g/mol. The summed E-state index contributed by atoms with van der Waals surface area (Å²) in [5, 5.41) is 2.84. The maximum absolute atomic E-state index is 6.22. The van der Waals surface area contributed by atoms with Crippen molar-refractivity contribution in [2.24, 2.45) is 0 Å². The highest BCUT2D eigenvalue weighted by atomic mass is 35.5. The minimum atomic E-state index is 0.446. The molecule has 4 rings (SSSR count). The number of hydrogen-bond acceptors (Lipinski definition) is 2. The summed E-state index contributed by atoms with van der Waals surface area (Å²) in [5.41, 5.74) is 2.82. The quantitative estimate of drug-likeness (QED) is 0.449. The molecule has 3 heteroatoms. The van der Waals surface area contributed by atoms with Gasteiger partial charge in [-0.1, -0.05) is 78.3 Å². The van der Waals surface area contributed by atoms with Gasteiger partial charge in [-0.2, -0.15) is 0 Å². The first kappa shape index (κ1) is 13.9. The Bertz CT molecular complexity index is 981. The Labute approximate surface area is 139 Å². The minimum absolute atomic E-state index is 0.446. The van der Waals surface area contributed by atoms with Gasteiger partial charge in [0.2, 0.25) is 0 Å². The standard InChI is InChI=1S/C20H13ClN2/c21-19-13-18(22-20(23-19)15-7-2-1-3-8-15)17-11-10-14-6-4-5-9-16(14)12-17/h1-13H. The van der Waals surface area contributed by atoms with Gasteiger partial charge in [0, 0.05) is 17.2 Å². The van der Waals surface area contributed by atoms with E-state index in [9.17, 15) is 0 Å². The van der Waals surface area contributed by atoms with Crippen molar-refractivity contribution in [1.82, 2.24) is 9.97 Å². The molecule has 0 saturated heterocycles. The molecule has 23 heavy (non-hydrogen) atoms. The fourth-order valence-corrected chi connectivity index (χ4v) is 2.81. The van der Waals surface area contributed by atoms with E-state index in [-0.39, 0.29) is 0 Å². The van der Waals surface area contributed by atoms with Crippen LogP contribution in [0.15, 0.2) is 78.9 Å². The van der Waals surface area contributed by atoms with Gasteiger partial charge in [0.25, 0.3) is 0 Å². The Morgan fingerprint density at radius 3 is 2.17 bits per heavy atom. The Morgan fingerprint density at radius 1 is 0.609 bits per heavy atom. The van der Waals surface area contributed by atoms with Crippen molar-refractivity contribution in [3.05, 3.63) is 84.0 Å². The number of rotatable bonds is 2. The third-order valence-corrected chi connectivity index (χ3v) is 3.97. The monoisotopic (exact) mass is 316 g/mol. The van der Waals surface area contributed by atoms with Crippen LogP contribution in [0.2, 0.25) is 5.15 Å². The van der Waals surface area contributed by atoms with Crippen LogP contribution in [0.4, 0.5) is 0 Å². The van der Waals surface area contributed by atoms with E-state index in [1.54, 1.807) is 6.07 Å². The summed E-state index contributed by atoms with van der Waals surface area (Å²) in [4.78, 5) is 9.03. The van der Waals surface area contributed by atoms with Crippen LogP contribution in [0.25, 0.3) is 33.4 Å². The van der Waals surface area contributed by atoms with Gasteiger partial charge in [0.05, 0.1) is 5.69 Å².